The Morgan fingerprint density at radius 3 is 2.48 bits per heavy atom. The minimum Gasteiger partial charge on any atom is -0.444 e. The van der Waals surface area contributed by atoms with Crippen LogP contribution in [0.4, 0.5) is 10.5 Å². The molecule has 1 aromatic heterocycles. The van der Waals surface area contributed by atoms with Gasteiger partial charge in [-0.2, -0.15) is 16.1 Å². The molecular formula is C16H25N3O5S3. The summed E-state index contributed by atoms with van der Waals surface area (Å²) in [5.41, 5.74) is -0.221. The van der Waals surface area contributed by atoms with Crippen LogP contribution in [0.25, 0.3) is 0 Å². The molecule has 1 fully saturated rings. The summed E-state index contributed by atoms with van der Waals surface area (Å²) >= 11 is 2.86. The van der Waals surface area contributed by atoms with Crippen LogP contribution < -0.4 is 10.6 Å². The van der Waals surface area contributed by atoms with Crippen molar-refractivity contribution in [3.8, 4) is 0 Å². The van der Waals surface area contributed by atoms with E-state index in [9.17, 15) is 18.0 Å². The first kappa shape index (κ1) is 22.0. The number of anilines is 1. The van der Waals surface area contributed by atoms with Gasteiger partial charge < -0.3 is 15.4 Å². The third-order valence-corrected chi connectivity index (χ3v) is 7.87. The molecule has 1 aliphatic rings. The summed E-state index contributed by atoms with van der Waals surface area (Å²) in [5, 5.41) is 5.01. The molecule has 1 aromatic rings. The van der Waals surface area contributed by atoms with Gasteiger partial charge in [-0.1, -0.05) is 0 Å². The summed E-state index contributed by atoms with van der Waals surface area (Å²) in [6.07, 6.45) is -0.689. The van der Waals surface area contributed by atoms with E-state index in [-0.39, 0.29) is 10.8 Å². The molecule has 0 aromatic carbocycles. The average Bonchev–Trinajstić information content (AvgIpc) is 2.94. The highest BCUT2D eigenvalue weighted by Gasteiger charge is 2.28. The fraction of sp³-hybridized carbons (Fsp3) is 0.625. The number of thioether (sulfide) groups is 1. The van der Waals surface area contributed by atoms with Gasteiger partial charge >= 0.3 is 6.09 Å². The summed E-state index contributed by atoms with van der Waals surface area (Å²) in [4.78, 5) is 24.3. The number of nitrogens with one attached hydrogen (secondary N) is 2. The molecule has 0 bridgehead atoms. The van der Waals surface area contributed by atoms with Crippen molar-refractivity contribution in [2.24, 2.45) is 0 Å². The van der Waals surface area contributed by atoms with Gasteiger partial charge in [0.05, 0.1) is 5.69 Å². The van der Waals surface area contributed by atoms with Crippen molar-refractivity contribution in [1.82, 2.24) is 9.62 Å². The van der Waals surface area contributed by atoms with Crippen LogP contribution in [0.3, 0.4) is 0 Å². The van der Waals surface area contributed by atoms with Gasteiger partial charge in [-0.3, -0.25) is 4.79 Å². The number of amides is 2. The maximum absolute atomic E-state index is 12.7. The lowest BCUT2D eigenvalue weighted by Crippen LogP contribution is -2.37. The fourth-order valence-corrected chi connectivity index (χ4v) is 6.41. The largest absolute Gasteiger partial charge is 0.444 e. The van der Waals surface area contributed by atoms with E-state index in [1.165, 1.54) is 10.4 Å². The van der Waals surface area contributed by atoms with E-state index in [0.29, 0.717) is 23.7 Å². The molecule has 2 rings (SSSR count). The summed E-state index contributed by atoms with van der Waals surface area (Å²) in [6.45, 7) is 7.64. The lowest BCUT2D eigenvalue weighted by molar-refractivity contribution is -0.115. The molecular weight excluding hydrogens is 410 g/mol. The number of sulfonamides is 1. The predicted molar refractivity (Wildman–Crippen MR) is 108 cm³/mol. The molecule has 1 aliphatic heterocycles. The Hall–Kier alpha value is -1.30. The molecule has 2 N–H and O–H groups in total. The Labute approximate surface area is 168 Å². The van der Waals surface area contributed by atoms with Gasteiger partial charge in [0.25, 0.3) is 10.0 Å². The van der Waals surface area contributed by atoms with Crippen molar-refractivity contribution in [1.29, 1.82) is 0 Å². The third-order valence-electron chi connectivity index (χ3n) is 3.53. The van der Waals surface area contributed by atoms with Crippen LogP contribution in [0.15, 0.2) is 10.3 Å². The summed E-state index contributed by atoms with van der Waals surface area (Å²) in [6, 6.07) is 1.47. The first-order valence-corrected chi connectivity index (χ1v) is 11.9. The molecule has 0 unspecified atom stereocenters. The number of aryl methyl sites for hydroxylation is 1. The van der Waals surface area contributed by atoms with E-state index < -0.39 is 27.6 Å². The molecule has 1 saturated heterocycles. The number of alkyl carbamates (subject to hydrolysis) is 1. The highest BCUT2D eigenvalue weighted by atomic mass is 32.2. The monoisotopic (exact) mass is 435 g/mol. The molecule has 27 heavy (non-hydrogen) atoms. The minimum atomic E-state index is -3.55. The molecule has 11 heteroatoms. The highest BCUT2D eigenvalue weighted by molar-refractivity contribution is 7.99. The lowest BCUT2D eigenvalue weighted by atomic mass is 10.2. The fourth-order valence-electron chi connectivity index (χ4n) is 2.28. The quantitative estimate of drug-likeness (QED) is 0.735. The average molecular weight is 436 g/mol. The molecule has 2 amide bonds. The lowest BCUT2D eigenvalue weighted by Gasteiger charge is -2.24. The zero-order valence-electron chi connectivity index (χ0n) is 15.8. The molecule has 152 valence electrons. The van der Waals surface area contributed by atoms with E-state index in [0.717, 1.165) is 22.8 Å². The number of ether oxygens (including phenoxy) is 1. The van der Waals surface area contributed by atoms with Gasteiger partial charge in [0, 0.05) is 29.5 Å². The van der Waals surface area contributed by atoms with Crippen molar-refractivity contribution in [3.05, 3.63) is 10.9 Å². The van der Waals surface area contributed by atoms with Crippen LogP contribution >= 0.6 is 23.1 Å². The normalized spacial score (nSPS) is 16.0. The van der Waals surface area contributed by atoms with Crippen molar-refractivity contribution in [2.75, 3.05) is 36.5 Å². The smallest absolute Gasteiger partial charge is 0.408 e. The van der Waals surface area contributed by atoms with Gasteiger partial charge in [0.1, 0.15) is 16.4 Å². The highest BCUT2D eigenvalue weighted by Crippen LogP contribution is 2.32. The topological polar surface area (TPSA) is 105 Å². The standard InChI is InChI=1S/C16H25N3O5S3/c1-11-12(18-13(20)10-17-15(21)24-16(2,3)4)9-14(26-11)27(22,23)19-5-7-25-8-6-19/h9H,5-8,10H2,1-4H3,(H,17,21)(H,18,20). The van der Waals surface area contributed by atoms with Crippen LogP contribution in [0.5, 0.6) is 0 Å². The zero-order chi connectivity index (χ0) is 20.2. The van der Waals surface area contributed by atoms with Gasteiger partial charge in [0.15, 0.2) is 0 Å². The van der Waals surface area contributed by atoms with Crippen LogP contribution in [0.2, 0.25) is 0 Å². The van der Waals surface area contributed by atoms with Gasteiger partial charge in [0.2, 0.25) is 5.91 Å². The van der Waals surface area contributed by atoms with E-state index in [2.05, 4.69) is 10.6 Å². The Bertz CT molecular complexity index is 793. The number of carbonyl (C=O) groups excluding carboxylic acids is 2. The predicted octanol–water partition coefficient (Wildman–Crippen LogP) is 2.26. The van der Waals surface area contributed by atoms with E-state index >= 15 is 0 Å². The number of hydrogen-bond donors (Lipinski definition) is 2. The van der Waals surface area contributed by atoms with E-state index in [1.807, 2.05) is 0 Å². The van der Waals surface area contributed by atoms with Gasteiger partial charge in [-0.25, -0.2) is 13.2 Å². The van der Waals surface area contributed by atoms with Crippen LogP contribution in [-0.2, 0) is 19.6 Å². The summed E-state index contributed by atoms with van der Waals surface area (Å²) < 4.78 is 32.2. The zero-order valence-corrected chi connectivity index (χ0v) is 18.3. The summed E-state index contributed by atoms with van der Waals surface area (Å²) in [7, 11) is -3.55. The number of rotatable bonds is 5. The maximum atomic E-state index is 12.7. The Kier molecular flexibility index (Phi) is 7.17. The maximum Gasteiger partial charge on any atom is 0.408 e. The van der Waals surface area contributed by atoms with Crippen molar-refractivity contribution < 1.29 is 22.7 Å². The SMILES string of the molecule is Cc1sc(S(=O)(=O)N2CCSCC2)cc1NC(=O)CNC(=O)OC(C)(C)C. The van der Waals surface area contributed by atoms with Gasteiger partial charge in [-0.05, 0) is 33.8 Å². The van der Waals surface area contributed by atoms with E-state index in [4.69, 9.17) is 4.74 Å². The molecule has 2 heterocycles. The van der Waals surface area contributed by atoms with Crippen LogP contribution in [-0.4, -0.2) is 61.5 Å². The Morgan fingerprint density at radius 1 is 1.26 bits per heavy atom. The van der Waals surface area contributed by atoms with Crippen molar-refractivity contribution in [3.63, 3.8) is 0 Å². The molecule has 8 nitrogen and oxygen atoms in total. The first-order valence-electron chi connectivity index (χ1n) is 8.44. The first-order chi connectivity index (χ1) is 12.5. The molecule has 0 aliphatic carbocycles. The molecule has 0 radical (unpaired) electrons. The number of thiophene rings is 1. The molecule has 0 atom stereocenters. The number of carbonyl (C=O) groups is 2. The second-order valence-corrected chi connectivity index (χ2v) is 11.6. The van der Waals surface area contributed by atoms with Crippen LogP contribution in [0, 0.1) is 6.92 Å². The Morgan fingerprint density at radius 2 is 1.89 bits per heavy atom. The second-order valence-electron chi connectivity index (χ2n) is 6.96. The van der Waals surface area contributed by atoms with Gasteiger partial charge in [-0.15, -0.1) is 11.3 Å². The van der Waals surface area contributed by atoms with Crippen molar-refractivity contribution in [2.45, 2.75) is 37.5 Å². The third kappa shape index (κ3) is 6.37. The molecule has 0 saturated carbocycles. The Balaban J connectivity index is 1.98. The van der Waals surface area contributed by atoms with E-state index in [1.54, 1.807) is 39.5 Å². The number of nitrogens with zero attached hydrogens (tertiary/aromatic N) is 1. The summed E-state index contributed by atoms with van der Waals surface area (Å²) in [5.74, 6) is 1.10. The van der Waals surface area contributed by atoms with Crippen molar-refractivity contribution >= 4 is 50.8 Å². The second kappa shape index (κ2) is 8.80. The number of hydrogen-bond acceptors (Lipinski definition) is 7. The molecule has 0 spiro atoms. The van der Waals surface area contributed by atoms with Crippen LogP contribution in [0.1, 0.15) is 25.6 Å². The minimum absolute atomic E-state index is 0.210.